The molecule has 3 rings (SSSR count). The molecular weight excluding hydrogens is 304 g/mol. The van der Waals surface area contributed by atoms with Crippen molar-refractivity contribution in [3.8, 4) is 0 Å². The summed E-state index contributed by atoms with van der Waals surface area (Å²) in [5, 5.41) is 9.39. The van der Waals surface area contributed by atoms with E-state index in [1.165, 1.54) is 0 Å². The van der Waals surface area contributed by atoms with Crippen LogP contribution in [0.4, 0.5) is 0 Å². The van der Waals surface area contributed by atoms with Gasteiger partial charge in [0.15, 0.2) is 0 Å². The van der Waals surface area contributed by atoms with Gasteiger partial charge in [0.25, 0.3) is 0 Å². The first-order valence-electron chi connectivity index (χ1n) is 9.50. The lowest BCUT2D eigenvalue weighted by molar-refractivity contribution is -0.146. The molecule has 136 valence electrons. The summed E-state index contributed by atoms with van der Waals surface area (Å²) in [5.74, 6) is 1.77. The van der Waals surface area contributed by atoms with Crippen molar-refractivity contribution < 1.29 is 19.4 Å². The van der Waals surface area contributed by atoms with Crippen LogP contribution in [0.3, 0.4) is 0 Å². The first kappa shape index (κ1) is 18.1. The van der Waals surface area contributed by atoms with Crippen molar-refractivity contribution in [1.29, 1.82) is 0 Å². The van der Waals surface area contributed by atoms with Gasteiger partial charge < -0.3 is 14.6 Å². The van der Waals surface area contributed by atoms with E-state index in [-0.39, 0.29) is 48.8 Å². The Labute approximate surface area is 145 Å². The van der Waals surface area contributed by atoms with Crippen LogP contribution in [0.25, 0.3) is 0 Å². The molecule has 1 saturated heterocycles. The third-order valence-corrected chi connectivity index (χ3v) is 7.04. The van der Waals surface area contributed by atoms with Gasteiger partial charge in [0.05, 0.1) is 12.2 Å². The predicted octanol–water partition coefficient (Wildman–Crippen LogP) is 3.19. The van der Waals surface area contributed by atoms with E-state index in [0.29, 0.717) is 18.6 Å². The lowest BCUT2D eigenvalue weighted by Crippen LogP contribution is -2.57. The van der Waals surface area contributed by atoms with E-state index in [4.69, 9.17) is 9.47 Å². The van der Waals surface area contributed by atoms with Crippen molar-refractivity contribution >= 4 is 5.78 Å². The lowest BCUT2D eigenvalue weighted by atomic mass is 9.49. The van der Waals surface area contributed by atoms with Gasteiger partial charge in [0.2, 0.25) is 0 Å². The number of allylic oxidation sites excluding steroid dienone is 1. The molecule has 0 amide bonds. The van der Waals surface area contributed by atoms with E-state index in [2.05, 4.69) is 39.8 Å². The van der Waals surface area contributed by atoms with Crippen molar-refractivity contribution in [2.75, 3.05) is 13.4 Å². The maximum atomic E-state index is 13.2. The third kappa shape index (κ3) is 2.67. The van der Waals surface area contributed by atoms with Crippen LogP contribution in [-0.2, 0) is 14.3 Å². The monoisotopic (exact) mass is 336 g/mol. The fraction of sp³-hybridized carbons (Fsp3) is 0.850. The smallest absolute Gasteiger partial charge is 0.147 e. The van der Waals surface area contributed by atoms with Crippen molar-refractivity contribution in [1.82, 2.24) is 0 Å². The molecular formula is C20H32O4. The minimum Gasteiger partial charge on any atom is -0.396 e. The molecule has 0 bridgehead atoms. The normalized spacial score (nSPS) is 45.5. The van der Waals surface area contributed by atoms with E-state index >= 15 is 0 Å². The molecule has 0 aromatic carbocycles. The Kier molecular flexibility index (Phi) is 5.19. The van der Waals surface area contributed by atoms with Crippen LogP contribution in [0.15, 0.2) is 12.2 Å². The molecule has 1 aliphatic heterocycles. The minimum atomic E-state index is -0.437. The molecule has 1 heterocycles. The van der Waals surface area contributed by atoms with Gasteiger partial charge in [0.1, 0.15) is 12.6 Å². The summed E-state index contributed by atoms with van der Waals surface area (Å²) in [6, 6.07) is 0. The summed E-state index contributed by atoms with van der Waals surface area (Å²) in [5.41, 5.74) is -0.437. The zero-order chi connectivity index (χ0) is 17.5. The number of hydrogen-bond acceptors (Lipinski definition) is 4. The summed E-state index contributed by atoms with van der Waals surface area (Å²) in [7, 11) is 0. The second-order valence-electron chi connectivity index (χ2n) is 8.25. The number of ketones is 1. The molecule has 8 unspecified atom stereocenters. The Hall–Kier alpha value is -0.710. The zero-order valence-electron chi connectivity index (χ0n) is 15.4. The van der Waals surface area contributed by atoms with Crippen LogP contribution in [0.2, 0.25) is 0 Å². The molecule has 2 fully saturated rings. The third-order valence-electron chi connectivity index (χ3n) is 7.04. The SMILES string of the molecule is CCC(C)C1C=CC2C3OCOC3CC(C)C2C1(C)C(=O)CCO. The van der Waals surface area contributed by atoms with Gasteiger partial charge in [-0.05, 0) is 30.1 Å². The van der Waals surface area contributed by atoms with Crippen molar-refractivity contribution in [2.45, 2.75) is 59.2 Å². The number of aliphatic hydroxyl groups is 1. The van der Waals surface area contributed by atoms with Gasteiger partial charge in [-0.3, -0.25) is 4.79 Å². The largest absolute Gasteiger partial charge is 0.396 e. The highest BCUT2D eigenvalue weighted by Gasteiger charge is 2.58. The van der Waals surface area contributed by atoms with Crippen LogP contribution in [0, 0.1) is 35.0 Å². The molecule has 4 heteroatoms. The molecule has 24 heavy (non-hydrogen) atoms. The Balaban J connectivity index is 2.03. The standard InChI is InChI=1S/C20H32O4/c1-5-12(2)15-7-6-14-18(20(15,4)17(22)8-9-21)13(3)10-16-19(14)24-11-23-16/h6-7,12-16,18-19,21H,5,8-11H2,1-4H3. The van der Waals surface area contributed by atoms with Gasteiger partial charge in [-0.15, -0.1) is 0 Å². The maximum absolute atomic E-state index is 13.2. The quantitative estimate of drug-likeness (QED) is 0.784. The zero-order valence-corrected chi connectivity index (χ0v) is 15.4. The summed E-state index contributed by atoms with van der Waals surface area (Å²) >= 11 is 0. The van der Waals surface area contributed by atoms with Gasteiger partial charge in [-0.25, -0.2) is 0 Å². The van der Waals surface area contributed by atoms with Gasteiger partial charge >= 0.3 is 0 Å². The van der Waals surface area contributed by atoms with Crippen LogP contribution in [0.1, 0.15) is 47.0 Å². The fourth-order valence-corrected chi connectivity index (χ4v) is 5.73. The Morgan fingerprint density at radius 2 is 2.12 bits per heavy atom. The number of carbonyl (C=O) groups excluding carboxylic acids is 1. The van der Waals surface area contributed by atoms with Gasteiger partial charge in [-0.2, -0.15) is 0 Å². The van der Waals surface area contributed by atoms with E-state index in [1.54, 1.807) is 0 Å². The molecule has 2 aliphatic carbocycles. The van der Waals surface area contributed by atoms with E-state index < -0.39 is 5.41 Å². The first-order chi connectivity index (χ1) is 11.4. The molecule has 0 spiro atoms. The van der Waals surface area contributed by atoms with Crippen molar-refractivity contribution in [3.05, 3.63) is 12.2 Å². The van der Waals surface area contributed by atoms with Crippen LogP contribution in [0.5, 0.6) is 0 Å². The van der Waals surface area contributed by atoms with E-state index in [9.17, 15) is 9.90 Å². The minimum absolute atomic E-state index is 0.0667. The number of Topliss-reactive ketones (excluding diaryl/α,β-unsaturated/α-hetero) is 1. The second-order valence-corrected chi connectivity index (χ2v) is 8.25. The molecule has 0 aromatic heterocycles. The van der Waals surface area contributed by atoms with Crippen molar-refractivity contribution in [3.63, 3.8) is 0 Å². The summed E-state index contributed by atoms with van der Waals surface area (Å²) < 4.78 is 11.7. The second kappa shape index (κ2) is 6.89. The molecule has 0 aromatic rings. The van der Waals surface area contributed by atoms with E-state index in [1.807, 2.05) is 0 Å². The molecule has 1 N–H and O–H groups in total. The number of hydrogen-bond donors (Lipinski definition) is 1. The number of carbonyl (C=O) groups is 1. The Bertz CT molecular complexity index is 502. The Morgan fingerprint density at radius 1 is 1.38 bits per heavy atom. The maximum Gasteiger partial charge on any atom is 0.147 e. The summed E-state index contributed by atoms with van der Waals surface area (Å²) in [6.45, 7) is 9.14. The molecule has 3 aliphatic rings. The summed E-state index contributed by atoms with van der Waals surface area (Å²) in [6.07, 6.45) is 7.05. The first-order valence-corrected chi connectivity index (χ1v) is 9.50. The number of aliphatic hydroxyl groups excluding tert-OH is 1. The lowest BCUT2D eigenvalue weighted by Gasteiger charge is -2.55. The molecule has 8 atom stereocenters. The van der Waals surface area contributed by atoms with Crippen LogP contribution in [-0.4, -0.2) is 36.5 Å². The number of rotatable bonds is 5. The average molecular weight is 336 g/mol. The average Bonchev–Trinajstić information content (AvgIpc) is 3.02. The topological polar surface area (TPSA) is 55.8 Å². The highest BCUT2D eigenvalue weighted by Crippen LogP contribution is 2.57. The van der Waals surface area contributed by atoms with Crippen molar-refractivity contribution in [2.24, 2.45) is 35.0 Å². The molecule has 1 saturated carbocycles. The molecule has 4 nitrogen and oxygen atoms in total. The highest BCUT2D eigenvalue weighted by molar-refractivity contribution is 5.86. The van der Waals surface area contributed by atoms with Gasteiger partial charge in [-0.1, -0.05) is 46.3 Å². The van der Waals surface area contributed by atoms with Crippen LogP contribution >= 0.6 is 0 Å². The fourth-order valence-electron chi connectivity index (χ4n) is 5.73. The Morgan fingerprint density at radius 3 is 2.79 bits per heavy atom. The number of ether oxygens (including phenoxy) is 2. The number of fused-ring (bicyclic) bond motifs is 3. The van der Waals surface area contributed by atoms with Crippen LogP contribution < -0.4 is 0 Å². The van der Waals surface area contributed by atoms with E-state index in [0.717, 1.165) is 12.8 Å². The molecule has 0 radical (unpaired) electrons. The predicted molar refractivity (Wildman–Crippen MR) is 92.3 cm³/mol. The highest BCUT2D eigenvalue weighted by atomic mass is 16.7. The summed E-state index contributed by atoms with van der Waals surface area (Å²) in [4.78, 5) is 13.2. The van der Waals surface area contributed by atoms with Gasteiger partial charge in [0, 0.05) is 24.4 Å².